The molecule has 1 rings (SSSR count). The van der Waals surface area contributed by atoms with Gasteiger partial charge in [0.2, 0.25) is 0 Å². The summed E-state index contributed by atoms with van der Waals surface area (Å²) in [4.78, 5) is 0. The number of rotatable bonds is 4. The molecule has 14 heavy (non-hydrogen) atoms. The van der Waals surface area contributed by atoms with Crippen LogP contribution in [0.5, 0.6) is 0 Å². The van der Waals surface area contributed by atoms with Crippen LogP contribution in [0.1, 0.15) is 60.3 Å². The third-order valence-electron chi connectivity index (χ3n) is 4.76. The van der Waals surface area contributed by atoms with E-state index >= 15 is 0 Å². The molecule has 0 aromatic heterocycles. The van der Waals surface area contributed by atoms with Crippen molar-refractivity contribution in [3.8, 4) is 0 Å². The summed E-state index contributed by atoms with van der Waals surface area (Å²) in [7, 11) is 0. The minimum atomic E-state index is 0.871. The molecule has 0 N–H and O–H groups in total. The van der Waals surface area contributed by atoms with Crippen molar-refractivity contribution in [2.75, 3.05) is 0 Å². The van der Waals surface area contributed by atoms with Gasteiger partial charge < -0.3 is 0 Å². The Kier molecular flexibility index (Phi) is 4.47. The van der Waals surface area contributed by atoms with E-state index in [1.54, 1.807) is 0 Å². The highest BCUT2D eigenvalue weighted by atomic mass is 14.4. The van der Waals surface area contributed by atoms with Gasteiger partial charge in [-0.15, -0.1) is 0 Å². The second-order valence-corrected chi connectivity index (χ2v) is 5.82. The third-order valence-corrected chi connectivity index (χ3v) is 4.76. The van der Waals surface area contributed by atoms with E-state index in [9.17, 15) is 0 Å². The van der Waals surface area contributed by atoms with Gasteiger partial charge in [0, 0.05) is 0 Å². The highest BCUT2D eigenvalue weighted by molar-refractivity contribution is 4.82. The van der Waals surface area contributed by atoms with Gasteiger partial charge in [0.1, 0.15) is 0 Å². The Morgan fingerprint density at radius 3 is 2.07 bits per heavy atom. The fraction of sp³-hybridized carbons (Fsp3) is 1.00. The summed E-state index contributed by atoms with van der Waals surface area (Å²) in [6, 6.07) is 0. The quantitative estimate of drug-likeness (QED) is 0.609. The molecule has 4 unspecified atom stereocenters. The molecule has 4 atom stereocenters. The molecule has 84 valence electrons. The van der Waals surface area contributed by atoms with Gasteiger partial charge in [-0.25, -0.2) is 0 Å². The predicted octanol–water partition coefficient (Wildman–Crippen LogP) is 4.74. The fourth-order valence-corrected chi connectivity index (χ4v) is 2.92. The molecule has 0 aliphatic heterocycles. The summed E-state index contributed by atoms with van der Waals surface area (Å²) in [5, 5.41) is 0. The molecule has 1 aliphatic carbocycles. The maximum absolute atomic E-state index is 2.45. The Morgan fingerprint density at radius 2 is 1.57 bits per heavy atom. The average Bonchev–Trinajstić information content (AvgIpc) is 2.64. The van der Waals surface area contributed by atoms with Crippen molar-refractivity contribution in [1.82, 2.24) is 0 Å². The molecule has 0 radical (unpaired) electrons. The second-order valence-electron chi connectivity index (χ2n) is 5.82. The topological polar surface area (TPSA) is 0 Å². The molecule has 0 amide bonds. The van der Waals surface area contributed by atoms with Crippen LogP contribution in [0.4, 0.5) is 0 Å². The molecule has 0 heteroatoms. The summed E-state index contributed by atoms with van der Waals surface area (Å²) in [5.41, 5.74) is 0. The van der Waals surface area contributed by atoms with Gasteiger partial charge in [-0.2, -0.15) is 0 Å². The molecule has 1 saturated carbocycles. The van der Waals surface area contributed by atoms with Crippen LogP contribution in [0.25, 0.3) is 0 Å². The molecule has 0 aromatic rings. The second kappa shape index (κ2) is 5.19. The Balaban J connectivity index is 2.41. The Bertz CT molecular complexity index is 159. The van der Waals surface area contributed by atoms with Crippen molar-refractivity contribution in [3.63, 3.8) is 0 Å². The molecular weight excluding hydrogens is 168 g/mol. The molecule has 0 bridgehead atoms. The smallest absolute Gasteiger partial charge is 0.0383 e. The molecule has 0 heterocycles. The summed E-state index contributed by atoms with van der Waals surface area (Å²) >= 11 is 0. The largest absolute Gasteiger partial charge is 0.0651 e. The molecule has 1 fully saturated rings. The normalized spacial score (nSPS) is 32.1. The lowest BCUT2D eigenvalue weighted by Crippen LogP contribution is -2.15. The summed E-state index contributed by atoms with van der Waals surface area (Å²) in [5.74, 6) is 4.82. The van der Waals surface area contributed by atoms with Crippen LogP contribution in [-0.4, -0.2) is 0 Å². The zero-order valence-corrected chi connectivity index (χ0v) is 10.7. The first-order chi connectivity index (χ1) is 6.56. The fourth-order valence-electron chi connectivity index (χ4n) is 2.92. The third kappa shape index (κ3) is 2.74. The first kappa shape index (κ1) is 12.1. The van der Waals surface area contributed by atoms with Crippen LogP contribution in [0.2, 0.25) is 0 Å². The molecular formula is C14H28. The molecule has 0 aromatic carbocycles. The number of hydrogen-bond donors (Lipinski definition) is 0. The SMILES string of the molecule is CCC(C)C1CCC(C(C)C(C)C)C1. The van der Waals surface area contributed by atoms with E-state index in [-0.39, 0.29) is 0 Å². The van der Waals surface area contributed by atoms with Gasteiger partial charge >= 0.3 is 0 Å². The zero-order chi connectivity index (χ0) is 10.7. The minimum absolute atomic E-state index is 0.871. The van der Waals surface area contributed by atoms with Crippen LogP contribution in [0.15, 0.2) is 0 Å². The van der Waals surface area contributed by atoms with E-state index in [0.29, 0.717) is 0 Å². The molecule has 1 aliphatic rings. The van der Waals surface area contributed by atoms with E-state index in [4.69, 9.17) is 0 Å². The molecule has 0 spiro atoms. The number of hydrogen-bond acceptors (Lipinski definition) is 0. The maximum Gasteiger partial charge on any atom is -0.0383 e. The average molecular weight is 196 g/mol. The summed E-state index contributed by atoms with van der Waals surface area (Å²) < 4.78 is 0. The monoisotopic (exact) mass is 196 g/mol. The standard InChI is InChI=1S/C14H28/c1-6-11(4)13-7-8-14(9-13)12(5)10(2)3/h10-14H,6-9H2,1-5H3. The van der Waals surface area contributed by atoms with Gasteiger partial charge in [-0.05, 0) is 48.9 Å². The van der Waals surface area contributed by atoms with Crippen molar-refractivity contribution in [2.24, 2.45) is 29.6 Å². The molecule has 0 nitrogen and oxygen atoms in total. The van der Waals surface area contributed by atoms with Crippen molar-refractivity contribution in [1.29, 1.82) is 0 Å². The molecule has 0 saturated heterocycles. The predicted molar refractivity (Wildman–Crippen MR) is 64.3 cm³/mol. The van der Waals surface area contributed by atoms with Crippen LogP contribution in [0, 0.1) is 29.6 Å². The maximum atomic E-state index is 2.45. The van der Waals surface area contributed by atoms with Crippen LogP contribution in [0.3, 0.4) is 0 Å². The Labute approximate surface area is 90.5 Å². The van der Waals surface area contributed by atoms with Gasteiger partial charge in [-0.1, -0.05) is 41.0 Å². The van der Waals surface area contributed by atoms with Gasteiger partial charge in [0.15, 0.2) is 0 Å². The van der Waals surface area contributed by atoms with Crippen molar-refractivity contribution >= 4 is 0 Å². The lowest BCUT2D eigenvalue weighted by atomic mass is 9.82. The van der Waals surface area contributed by atoms with E-state index in [0.717, 1.165) is 29.6 Å². The van der Waals surface area contributed by atoms with Gasteiger partial charge in [0.25, 0.3) is 0 Å². The van der Waals surface area contributed by atoms with E-state index in [1.807, 2.05) is 0 Å². The lowest BCUT2D eigenvalue weighted by Gasteiger charge is -2.24. The van der Waals surface area contributed by atoms with Crippen molar-refractivity contribution in [3.05, 3.63) is 0 Å². The van der Waals surface area contributed by atoms with Crippen LogP contribution >= 0.6 is 0 Å². The first-order valence-electron chi connectivity index (χ1n) is 6.56. The Morgan fingerprint density at radius 1 is 1.00 bits per heavy atom. The summed E-state index contributed by atoms with van der Waals surface area (Å²) in [6.45, 7) is 12.0. The van der Waals surface area contributed by atoms with E-state index < -0.39 is 0 Å². The van der Waals surface area contributed by atoms with Crippen LogP contribution in [-0.2, 0) is 0 Å². The summed E-state index contributed by atoms with van der Waals surface area (Å²) in [6.07, 6.45) is 5.87. The van der Waals surface area contributed by atoms with Crippen LogP contribution < -0.4 is 0 Å². The van der Waals surface area contributed by atoms with Gasteiger partial charge in [-0.3, -0.25) is 0 Å². The highest BCUT2D eigenvalue weighted by Gasteiger charge is 2.31. The minimum Gasteiger partial charge on any atom is -0.0651 e. The zero-order valence-electron chi connectivity index (χ0n) is 10.7. The van der Waals surface area contributed by atoms with Crippen molar-refractivity contribution in [2.45, 2.75) is 60.3 Å². The lowest BCUT2D eigenvalue weighted by molar-refractivity contribution is 0.259. The van der Waals surface area contributed by atoms with Crippen molar-refractivity contribution < 1.29 is 0 Å². The highest BCUT2D eigenvalue weighted by Crippen LogP contribution is 2.42. The first-order valence-corrected chi connectivity index (χ1v) is 6.56. The van der Waals surface area contributed by atoms with E-state index in [2.05, 4.69) is 34.6 Å². The van der Waals surface area contributed by atoms with E-state index in [1.165, 1.54) is 25.7 Å². The Hall–Kier alpha value is 0. The van der Waals surface area contributed by atoms with Gasteiger partial charge in [0.05, 0.1) is 0 Å².